The third-order valence-corrected chi connectivity index (χ3v) is 5.24. The molecule has 6 nitrogen and oxygen atoms in total. The lowest BCUT2D eigenvalue weighted by Crippen LogP contribution is -2.18. The smallest absolute Gasteiger partial charge is 0.222 e. The van der Waals surface area contributed by atoms with Crippen LogP contribution < -0.4 is 15.8 Å². The van der Waals surface area contributed by atoms with Crippen molar-refractivity contribution >= 4 is 11.8 Å². The summed E-state index contributed by atoms with van der Waals surface area (Å²) in [7, 11) is 1.73. The highest BCUT2D eigenvalue weighted by atomic mass is 16.5. The highest BCUT2D eigenvalue weighted by molar-refractivity contribution is 5.45. The maximum Gasteiger partial charge on any atom is 0.222 e. The molecule has 2 heterocycles. The minimum atomic E-state index is 0.299. The number of anilines is 2. The number of ether oxygens (including phenoxy) is 1. The molecule has 0 bridgehead atoms. The van der Waals surface area contributed by atoms with Crippen LogP contribution >= 0.6 is 0 Å². The fraction of sp³-hybridized carbons (Fsp3) is 0.545. The van der Waals surface area contributed by atoms with E-state index in [2.05, 4.69) is 52.2 Å². The third kappa shape index (κ3) is 5.58. The number of nitrogens with two attached hydrogens (primary N) is 1. The Kier molecular flexibility index (Phi) is 7.09. The monoisotopic (exact) mass is 383 g/mol. The highest BCUT2D eigenvalue weighted by Gasteiger charge is 2.14. The van der Waals surface area contributed by atoms with Crippen LogP contribution in [-0.2, 0) is 13.0 Å². The summed E-state index contributed by atoms with van der Waals surface area (Å²) in [5.41, 5.74) is 9.24. The second-order valence-corrected chi connectivity index (χ2v) is 7.74. The molecule has 0 saturated carbocycles. The van der Waals surface area contributed by atoms with Crippen molar-refractivity contribution in [3.8, 4) is 5.75 Å². The summed E-state index contributed by atoms with van der Waals surface area (Å²) >= 11 is 0. The topological polar surface area (TPSA) is 76.3 Å². The number of hydrogen-bond donors (Lipinski definition) is 2. The molecular formula is C22H33N5O. The van der Waals surface area contributed by atoms with Crippen molar-refractivity contribution in [3.63, 3.8) is 0 Å². The minimum absolute atomic E-state index is 0.299. The van der Waals surface area contributed by atoms with Gasteiger partial charge in [0.1, 0.15) is 11.6 Å². The van der Waals surface area contributed by atoms with Gasteiger partial charge in [0, 0.05) is 30.6 Å². The summed E-state index contributed by atoms with van der Waals surface area (Å²) in [6, 6.07) is 8.84. The Morgan fingerprint density at radius 1 is 1.21 bits per heavy atom. The van der Waals surface area contributed by atoms with Gasteiger partial charge in [-0.25, -0.2) is 4.98 Å². The summed E-state index contributed by atoms with van der Waals surface area (Å²) in [5.74, 6) is 1.99. The zero-order chi connectivity index (χ0) is 19.9. The maximum absolute atomic E-state index is 5.95. The van der Waals surface area contributed by atoms with Gasteiger partial charge in [0.2, 0.25) is 5.95 Å². The molecule has 1 atom stereocenters. The van der Waals surface area contributed by atoms with E-state index in [4.69, 9.17) is 10.5 Å². The first-order valence-corrected chi connectivity index (χ1v) is 10.4. The third-order valence-electron chi connectivity index (χ3n) is 5.24. The quantitative estimate of drug-likeness (QED) is 0.685. The molecule has 0 aliphatic carbocycles. The van der Waals surface area contributed by atoms with Gasteiger partial charge in [0.05, 0.1) is 12.8 Å². The van der Waals surface area contributed by atoms with E-state index in [1.807, 2.05) is 6.07 Å². The number of methoxy groups -OCH3 is 1. The van der Waals surface area contributed by atoms with E-state index < -0.39 is 0 Å². The van der Waals surface area contributed by atoms with Crippen LogP contribution in [0.25, 0.3) is 0 Å². The van der Waals surface area contributed by atoms with Crippen LogP contribution in [0.5, 0.6) is 5.75 Å². The van der Waals surface area contributed by atoms with E-state index in [1.54, 1.807) is 7.11 Å². The van der Waals surface area contributed by atoms with Crippen LogP contribution in [-0.4, -0.2) is 41.1 Å². The van der Waals surface area contributed by atoms with Crippen molar-refractivity contribution in [1.82, 2.24) is 14.9 Å². The van der Waals surface area contributed by atoms with Gasteiger partial charge in [0.15, 0.2) is 0 Å². The van der Waals surface area contributed by atoms with Crippen LogP contribution in [0, 0.1) is 0 Å². The summed E-state index contributed by atoms with van der Waals surface area (Å²) in [6.07, 6.45) is 5.49. The van der Waals surface area contributed by atoms with Crippen molar-refractivity contribution in [2.24, 2.45) is 0 Å². The molecule has 1 aromatic carbocycles. The van der Waals surface area contributed by atoms with Gasteiger partial charge in [-0.1, -0.05) is 25.5 Å². The lowest BCUT2D eigenvalue weighted by molar-refractivity contribution is 0.330. The van der Waals surface area contributed by atoms with Crippen LogP contribution in [0.3, 0.4) is 0 Å². The van der Waals surface area contributed by atoms with Crippen molar-refractivity contribution in [3.05, 3.63) is 41.1 Å². The lowest BCUT2D eigenvalue weighted by atomic mass is 10.0. The molecule has 1 saturated heterocycles. The Labute approximate surface area is 168 Å². The zero-order valence-electron chi connectivity index (χ0n) is 17.4. The second-order valence-electron chi connectivity index (χ2n) is 7.74. The van der Waals surface area contributed by atoms with Crippen LogP contribution in [0.2, 0.25) is 0 Å². The van der Waals surface area contributed by atoms with Crippen LogP contribution in [0.15, 0.2) is 24.3 Å². The second kappa shape index (κ2) is 9.73. The van der Waals surface area contributed by atoms with E-state index in [9.17, 15) is 0 Å². The Balaban J connectivity index is 1.74. The van der Waals surface area contributed by atoms with Gasteiger partial charge in [-0.2, -0.15) is 4.98 Å². The normalized spacial score (nSPS) is 15.5. The molecule has 1 aliphatic rings. The number of hydrogen-bond acceptors (Lipinski definition) is 6. The Morgan fingerprint density at radius 3 is 2.71 bits per heavy atom. The first-order valence-electron chi connectivity index (χ1n) is 10.4. The summed E-state index contributed by atoms with van der Waals surface area (Å²) in [6.45, 7) is 7.70. The summed E-state index contributed by atoms with van der Waals surface area (Å²) in [5, 5.41) is 3.42. The summed E-state index contributed by atoms with van der Waals surface area (Å²) in [4.78, 5) is 11.3. The van der Waals surface area contributed by atoms with Crippen molar-refractivity contribution in [1.29, 1.82) is 0 Å². The largest absolute Gasteiger partial charge is 0.496 e. The van der Waals surface area contributed by atoms with Gasteiger partial charge < -0.3 is 15.8 Å². The van der Waals surface area contributed by atoms with Crippen molar-refractivity contribution < 1.29 is 4.74 Å². The Bertz CT molecular complexity index is 774. The Morgan fingerprint density at radius 2 is 2.00 bits per heavy atom. The molecule has 152 valence electrons. The number of rotatable bonds is 9. The standard InChI is InChI=1S/C22H33N5O/c1-4-7-16(2)24-21-14-19(25-22(23)26-21)13-18-9-8-17(12-20(18)28-3)15-27-10-5-6-11-27/h8-9,12,14,16H,4-7,10-11,13,15H2,1-3H3,(H3,23,24,25,26). The molecule has 1 unspecified atom stereocenters. The first-order chi connectivity index (χ1) is 13.6. The number of benzene rings is 1. The number of nitrogen functional groups attached to an aromatic ring is 1. The fourth-order valence-corrected chi connectivity index (χ4v) is 3.87. The van der Waals surface area contributed by atoms with Gasteiger partial charge >= 0.3 is 0 Å². The first kappa shape index (κ1) is 20.4. The highest BCUT2D eigenvalue weighted by Crippen LogP contribution is 2.25. The average molecular weight is 384 g/mol. The van der Waals surface area contributed by atoms with Crippen LogP contribution in [0.1, 0.15) is 56.4 Å². The van der Waals surface area contributed by atoms with Crippen molar-refractivity contribution in [2.45, 2.75) is 58.5 Å². The van der Waals surface area contributed by atoms with Crippen molar-refractivity contribution in [2.75, 3.05) is 31.2 Å². The molecule has 3 rings (SSSR count). The molecule has 2 aromatic rings. The van der Waals surface area contributed by atoms with Gasteiger partial charge in [-0.15, -0.1) is 0 Å². The SMILES string of the molecule is CCCC(C)Nc1cc(Cc2ccc(CN3CCCC3)cc2OC)nc(N)n1. The predicted molar refractivity (Wildman–Crippen MR) is 115 cm³/mol. The number of likely N-dealkylation sites (tertiary alicyclic amines) is 1. The number of nitrogens with zero attached hydrogens (tertiary/aromatic N) is 3. The summed E-state index contributed by atoms with van der Waals surface area (Å²) < 4.78 is 5.67. The van der Waals surface area contributed by atoms with Gasteiger partial charge in [0.25, 0.3) is 0 Å². The molecule has 0 radical (unpaired) electrons. The molecule has 0 spiro atoms. The number of nitrogens with one attached hydrogen (secondary N) is 1. The fourth-order valence-electron chi connectivity index (χ4n) is 3.87. The van der Waals surface area contributed by atoms with E-state index in [0.717, 1.165) is 42.2 Å². The van der Waals surface area contributed by atoms with Gasteiger partial charge in [-0.3, -0.25) is 4.90 Å². The molecule has 0 amide bonds. The Hall–Kier alpha value is -2.34. The lowest BCUT2D eigenvalue weighted by Gasteiger charge is -2.17. The average Bonchev–Trinajstić information content (AvgIpc) is 3.15. The van der Waals surface area contributed by atoms with Crippen LogP contribution in [0.4, 0.5) is 11.8 Å². The molecule has 28 heavy (non-hydrogen) atoms. The minimum Gasteiger partial charge on any atom is -0.496 e. The molecular weight excluding hydrogens is 350 g/mol. The molecule has 6 heteroatoms. The molecule has 1 fully saturated rings. The molecule has 1 aliphatic heterocycles. The molecule has 3 N–H and O–H groups in total. The maximum atomic E-state index is 5.95. The zero-order valence-corrected chi connectivity index (χ0v) is 17.4. The molecule has 1 aromatic heterocycles. The van der Waals surface area contributed by atoms with E-state index in [0.29, 0.717) is 18.4 Å². The number of aromatic nitrogens is 2. The van der Waals surface area contributed by atoms with E-state index in [-0.39, 0.29) is 0 Å². The van der Waals surface area contributed by atoms with E-state index >= 15 is 0 Å². The van der Waals surface area contributed by atoms with E-state index in [1.165, 1.54) is 31.5 Å². The van der Waals surface area contributed by atoms with Gasteiger partial charge in [-0.05, 0) is 50.9 Å². The predicted octanol–water partition coefficient (Wildman–Crippen LogP) is 3.85.